The SMILES string of the molecule is CC1CCN(c2ccc(NC(=O)c3cccc4ccccc34)cc2C(=O)N[C@H](C)c2ccccc2)CC1. The van der Waals surface area contributed by atoms with E-state index in [9.17, 15) is 9.59 Å². The molecule has 1 aliphatic heterocycles. The van der Waals surface area contributed by atoms with E-state index in [4.69, 9.17) is 0 Å². The predicted molar refractivity (Wildman–Crippen MR) is 151 cm³/mol. The van der Waals surface area contributed by atoms with E-state index in [1.54, 1.807) is 0 Å². The number of nitrogens with zero attached hydrogens (tertiary/aromatic N) is 1. The van der Waals surface area contributed by atoms with E-state index in [1.807, 2.05) is 97.9 Å². The summed E-state index contributed by atoms with van der Waals surface area (Å²) in [4.78, 5) is 29.2. The van der Waals surface area contributed by atoms with Crippen LogP contribution in [-0.4, -0.2) is 24.9 Å². The molecule has 0 spiro atoms. The summed E-state index contributed by atoms with van der Waals surface area (Å²) in [5.74, 6) is 0.345. The summed E-state index contributed by atoms with van der Waals surface area (Å²) < 4.78 is 0. The van der Waals surface area contributed by atoms with Gasteiger partial charge in [0, 0.05) is 30.0 Å². The number of hydrogen-bond acceptors (Lipinski definition) is 3. The Morgan fingerprint density at radius 2 is 1.51 bits per heavy atom. The highest BCUT2D eigenvalue weighted by molar-refractivity contribution is 6.13. The number of anilines is 2. The Labute approximate surface area is 218 Å². The van der Waals surface area contributed by atoms with E-state index in [-0.39, 0.29) is 17.9 Å². The van der Waals surface area contributed by atoms with Crippen molar-refractivity contribution in [2.45, 2.75) is 32.7 Å². The number of rotatable bonds is 6. The lowest BCUT2D eigenvalue weighted by atomic mass is 9.97. The molecule has 0 aliphatic carbocycles. The molecule has 1 saturated heterocycles. The maximum absolute atomic E-state index is 13.6. The molecule has 1 aliphatic rings. The van der Waals surface area contributed by atoms with Crippen molar-refractivity contribution in [1.82, 2.24) is 5.32 Å². The Balaban J connectivity index is 1.44. The maximum Gasteiger partial charge on any atom is 0.256 e. The molecule has 188 valence electrons. The molecule has 0 unspecified atom stereocenters. The van der Waals surface area contributed by atoms with Crippen molar-refractivity contribution in [2.24, 2.45) is 5.92 Å². The Kier molecular flexibility index (Phi) is 7.22. The first-order chi connectivity index (χ1) is 18.0. The van der Waals surface area contributed by atoms with E-state index >= 15 is 0 Å². The summed E-state index contributed by atoms with van der Waals surface area (Å²) in [5, 5.41) is 8.10. The fourth-order valence-electron chi connectivity index (χ4n) is 5.04. The second-order valence-electron chi connectivity index (χ2n) is 9.99. The zero-order valence-electron chi connectivity index (χ0n) is 21.4. The van der Waals surface area contributed by atoms with Crippen LogP contribution in [0, 0.1) is 5.92 Å². The van der Waals surface area contributed by atoms with Crippen molar-refractivity contribution in [3.05, 3.63) is 108 Å². The zero-order valence-corrected chi connectivity index (χ0v) is 21.4. The van der Waals surface area contributed by atoms with Crippen LogP contribution in [0.25, 0.3) is 10.8 Å². The Morgan fingerprint density at radius 3 is 2.30 bits per heavy atom. The highest BCUT2D eigenvalue weighted by Gasteiger charge is 2.23. The molecule has 4 aromatic carbocycles. The second kappa shape index (κ2) is 10.9. The fraction of sp³-hybridized carbons (Fsp3) is 0.250. The second-order valence-corrected chi connectivity index (χ2v) is 9.99. The van der Waals surface area contributed by atoms with Crippen LogP contribution in [0.4, 0.5) is 11.4 Å². The van der Waals surface area contributed by atoms with Gasteiger partial charge < -0.3 is 15.5 Å². The third-order valence-corrected chi connectivity index (χ3v) is 7.30. The number of piperidine rings is 1. The molecule has 4 aromatic rings. The van der Waals surface area contributed by atoms with Gasteiger partial charge in [-0.1, -0.05) is 73.7 Å². The Morgan fingerprint density at radius 1 is 0.811 bits per heavy atom. The first-order valence-corrected chi connectivity index (χ1v) is 13.0. The van der Waals surface area contributed by atoms with Gasteiger partial charge >= 0.3 is 0 Å². The van der Waals surface area contributed by atoms with Crippen molar-refractivity contribution >= 4 is 34.0 Å². The lowest BCUT2D eigenvalue weighted by Gasteiger charge is -2.33. The summed E-state index contributed by atoms with van der Waals surface area (Å²) in [6, 6.07) is 29.0. The minimum absolute atomic E-state index is 0.142. The zero-order chi connectivity index (χ0) is 25.8. The number of carbonyl (C=O) groups is 2. The van der Waals surface area contributed by atoms with E-state index in [1.165, 1.54) is 0 Å². The lowest BCUT2D eigenvalue weighted by molar-refractivity contribution is 0.0939. The van der Waals surface area contributed by atoms with Gasteiger partial charge in [-0.2, -0.15) is 0 Å². The molecule has 0 saturated carbocycles. The van der Waals surface area contributed by atoms with Gasteiger partial charge in [0.05, 0.1) is 11.6 Å². The van der Waals surface area contributed by atoms with Gasteiger partial charge in [0.15, 0.2) is 0 Å². The normalized spacial score (nSPS) is 14.8. The van der Waals surface area contributed by atoms with Crippen LogP contribution in [0.3, 0.4) is 0 Å². The molecule has 1 fully saturated rings. The molecule has 5 nitrogen and oxygen atoms in total. The standard InChI is InChI=1S/C32H33N3O2/c1-22-17-19-35(20-18-22)30-16-15-26(21-29(30)32(37)33-23(2)24-9-4-3-5-10-24)34-31(36)28-14-8-12-25-11-6-7-13-27(25)28/h3-16,21-23H,17-20H2,1-2H3,(H,33,37)(H,34,36)/t23-/m1/s1. The van der Waals surface area contributed by atoms with Crippen molar-refractivity contribution < 1.29 is 9.59 Å². The first kappa shape index (κ1) is 24.6. The molecule has 0 aromatic heterocycles. The van der Waals surface area contributed by atoms with Crippen molar-refractivity contribution in [1.29, 1.82) is 0 Å². The highest BCUT2D eigenvalue weighted by Crippen LogP contribution is 2.30. The Hall–Kier alpha value is -4.12. The van der Waals surface area contributed by atoms with Gasteiger partial charge in [-0.05, 0) is 66.3 Å². The molecule has 5 heteroatoms. The van der Waals surface area contributed by atoms with E-state index < -0.39 is 0 Å². The van der Waals surface area contributed by atoms with Crippen molar-refractivity contribution in [3.8, 4) is 0 Å². The summed E-state index contributed by atoms with van der Waals surface area (Å²) in [7, 11) is 0. The number of benzene rings is 4. The summed E-state index contributed by atoms with van der Waals surface area (Å²) in [6.07, 6.45) is 2.20. The molecule has 0 radical (unpaired) electrons. The van der Waals surface area contributed by atoms with Crippen LogP contribution < -0.4 is 15.5 Å². The fourth-order valence-corrected chi connectivity index (χ4v) is 5.04. The van der Waals surface area contributed by atoms with Crippen LogP contribution in [-0.2, 0) is 0 Å². The maximum atomic E-state index is 13.6. The molecule has 5 rings (SSSR count). The van der Waals surface area contributed by atoms with Crippen LogP contribution in [0.2, 0.25) is 0 Å². The van der Waals surface area contributed by atoms with Gasteiger partial charge in [-0.25, -0.2) is 0 Å². The number of carbonyl (C=O) groups excluding carboxylic acids is 2. The topological polar surface area (TPSA) is 61.4 Å². The molecular formula is C32H33N3O2. The number of amides is 2. The quantitative estimate of drug-likeness (QED) is 0.311. The average Bonchev–Trinajstić information content (AvgIpc) is 2.93. The molecule has 0 bridgehead atoms. The van der Waals surface area contributed by atoms with Crippen LogP contribution in [0.15, 0.2) is 91.0 Å². The van der Waals surface area contributed by atoms with Crippen molar-refractivity contribution in [3.63, 3.8) is 0 Å². The number of fused-ring (bicyclic) bond motifs is 1. The van der Waals surface area contributed by atoms with E-state index in [0.717, 1.165) is 48.0 Å². The molecule has 2 amide bonds. The summed E-state index contributed by atoms with van der Waals surface area (Å²) in [6.45, 7) is 6.09. The minimum atomic E-state index is -0.194. The van der Waals surface area contributed by atoms with Gasteiger partial charge in [-0.15, -0.1) is 0 Å². The smallest absolute Gasteiger partial charge is 0.256 e. The van der Waals surface area contributed by atoms with Gasteiger partial charge in [0.2, 0.25) is 0 Å². The van der Waals surface area contributed by atoms with Crippen LogP contribution >= 0.6 is 0 Å². The van der Waals surface area contributed by atoms with E-state index in [2.05, 4.69) is 22.5 Å². The Bertz CT molecular complexity index is 1400. The number of nitrogens with one attached hydrogen (secondary N) is 2. The summed E-state index contributed by atoms with van der Waals surface area (Å²) >= 11 is 0. The summed E-state index contributed by atoms with van der Waals surface area (Å²) in [5.41, 5.74) is 3.74. The molecule has 2 N–H and O–H groups in total. The van der Waals surface area contributed by atoms with Crippen LogP contribution in [0.5, 0.6) is 0 Å². The molecule has 1 heterocycles. The van der Waals surface area contributed by atoms with Gasteiger partial charge in [-0.3, -0.25) is 9.59 Å². The predicted octanol–water partition coefficient (Wildman–Crippen LogP) is 6.82. The number of hydrogen-bond donors (Lipinski definition) is 2. The van der Waals surface area contributed by atoms with Gasteiger partial charge in [0.1, 0.15) is 0 Å². The first-order valence-electron chi connectivity index (χ1n) is 13.0. The lowest BCUT2D eigenvalue weighted by Crippen LogP contribution is -2.35. The van der Waals surface area contributed by atoms with Crippen LogP contribution in [0.1, 0.15) is 59.0 Å². The van der Waals surface area contributed by atoms with Crippen molar-refractivity contribution in [2.75, 3.05) is 23.3 Å². The monoisotopic (exact) mass is 491 g/mol. The third kappa shape index (κ3) is 5.51. The molecule has 1 atom stereocenters. The molecular weight excluding hydrogens is 458 g/mol. The largest absolute Gasteiger partial charge is 0.371 e. The average molecular weight is 492 g/mol. The molecule has 37 heavy (non-hydrogen) atoms. The third-order valence-electron chi connectivity index (χ3n) is 7.30. The minimum Gasteiger partial charge on any atom is -0.371 e. The van der Waals surface area contributed by atoms with Gasteiger partial charge in [0.25, 0.3) is 11.8 Å². The highest BCUT2D eigenvalue weighted by atomic mass is 16.2. The van der Waals surface area contributed by atoms with E-state index in [0.29, 0.717) is 22.7 Å².